The van der Waals surface area contributed by atoms with Gasteiger partial charge in [0.15, 0.2) is 5.17 Å². The Hall–Kier alpha value is -1.38. The summed E-state index contributed by atoms with van der Waals surface area (Å²) in [5.41, 5.74) is 1.03. The minimum absolute atomic E-state index is 0.0436. The number of benzene rings is 1. The molecular formula is C18H25N3O3S2. The van der Waals surface area contributed by atoms with Gasteiger partial charge in [-0.05, 0) is 36.0 Å². The number of amides is 1. The third-order valence-corrected chi connectivity index (χ3v) is 7.46. The van der Waals surface area contributed by atoms with Crippen molar-refractivity contribution in [1.29, 1.82) is 0 Å². The summed E-state index contributed by atoms with van der Waals surface area (Å²) < 4.78 is 27.4. The standard InChI is InChI=1S/C18H25N3O3S2/c1-18(2,3)13-6-8-14(9-7-13)26(23,24)21-11-4-5-15(21)16(22)20-17-19-10-12-25-17/h6-9,15H,4-5,10-12H2,1-3H3,(H,19,20,22)/t15-/m1/s1. The van der Waals surface area contributed by atoms with Crippen molar-refractivity contribution in [2.45, 2.75) is 50.0 Å². The summed E-state index contributed by atoms with van der Waals surface area (Å²) >= 11 is 1.49. The van der Waals surface area contributed by atoms with E-state index in [1.165, 1.54) is 16.1 Å². The molecule has 0 aliphatic carbocycles. The summed E-state index contributed by atoms with van der Waals surface area (Å²) in [6.07, 6.45) is 1.21. The third-order valence-electron chi connectivity index (χ3n) is 4.65. The maximum atomic E-state index is 13.1. The van der Waals surface area contributed by atoms with Gasteiger partial charge >= 0.3 is 0 Å². The normalized spacial score (nSPS) is 21.7. The van der Waals surface area contributed by atoms with Gasteiger partial charge in [0.25, 0.3) is 0 Å². The second-order valence-electron chi connectivity index (χ2n) is 7.57. The van der Waals surface area contributed by atoms with Crippen LogP contribution in [0.2, 0.25) is 0 Å². The molecule has 0 saturated carbocycles. The monoisotopic (exact) mass is 395 g/mol. The molecule has 0 aromatic heterocycles. The summed E-state index contributed by atoms with van der Waals surface area (Å²) in [6.45, 7) is 7.30. The minimum atomic E-state index is -3.70. The molecule has 3 rings (SSSR count). The molecule has 0 unspecified atom stereocenters. The van der Waals surface area contributed by atoms with Crippen LogP contribution in [0.3, 0.4) is 0 Å². The van der Waals surface area contributed by atoms with Gasteiger partial charge < -0.3 is 5.32 Å². The maximum absolute atomic E-state index is 13.1. The Morgan fingerprint density at radius 3 is 2.54 bits per heavy atom. The predicted octanol–water partition coefficient (Wildman–Crippen LogP) is 2.36. The first-order chi connectivity index (χ1) is 12.2. The van der Waals surface area contributed by atoms with Crippen molar-refractivity contribution < 1.29 is 13.2 Å². The first kappa shape index (κ1) is 19.4. The predicted molar refractivity (Wildman–Crippen MR) is 105 cm³/mol. The number of hydrogen-bond donors (Lipinski definition) is 1. The van der Waals surface area contributed by atoms with E-state index in [1.807, 2.05) is 12.1 Å². The van der Waals surface area contributed by atoms with Gasteiger partial charge in [0.2, 0.25) is 15.9 Å². The van der Waals surface area contributed by atoms with Crippen molar-refractivity contribution in [1.82, 2.24) is 9.62 Å². The Morgan fingerprint density at radius 1 is 1.27 bits per heavy atom. The lowest BCUT2D eigenvalue weighted by atomic mass is 9.87. The van der Waals surface area contributed by atoms with Gasteiger partial charge in [-0.15, -0.1) is 0 Å². The van der Waals surface area contributed by atoms with Gasteiger partial charge in [0.1, 0.15) is 6.04 Å². The quantitative estimate of drug-likeness (QED) is 0.852. The molecule has 1 fully saturated rings. The number of aliphatic imine (C=N–C) groups is 1. The molecule has 0 spiro atoms. The van der Waals surface area contributed by atoms with Crippen molar-refractivity contribution in [3.8, 4) is 0 Å². The third kappa shape index (κ3) is 3.97. The first-order valence-corrected chi connectivity index (χ1v) is 11.2. The molecule has 8 heteroatoms. The molecule has 1 saturated heterocycles. The molecule has 6 nitrogen and oxygen atoms in total. The van der Waals surface area contributed by atoms with E-state index in [2.05, 4.69) is 31.1 Å². The lowest BCUT2D eigenvalue weighted by molar-refractivity contribution is -0.122. The minimum Gasteiger partial charge on any atom is -0.304 e. The van der Waals surface area contributed by atoms with Crippen molar-refractivity contribution in [2.75, 3.05) is 18.8 Å². The van der Waals surface area contributed by atoms with Crippen LogP contribution in [-0.2, 0) is 20.2 Å². The lowest BCUT2D eigenvalue weighted by Gasteiger charge is -2.24. The van der Waals surface area contributed by atoms with E-state index in [0.29, 0.717) is 31.1 Å². The summed E-state index contributed by atoms with van der Waals surface area (Å²) in [5, 5.41) is 3.36. The second-order valence-corrected chi connectivity index (χ2v) is 10.5. The zero-order chi connectivity index (χ0) is 18.9. The summed E-state index contributed by atoms with van der Waals surface area (Å²) in [6, 6.07) is 6.30. The van der Waals surface area contributed by atoms with Crippen LogP contribution in [0.15, 0.2) is 34.2 Å². The van der Waals surface area contributed by atoms with Crippen LogP contribution in [0.25, 0.3) is 0 Å². The number of carbonyl (C=O) groups excluding carboxylic acids is 1. The van der Waals surface area contributed by atoms with Crippen LogP contribution in [-0.4, -0.2) is 48.7 Å². The average molecular weight is 396 g/mol. The van der Waals surface area contributed by atoms with Crippen LogP contribution in [0.1, 0.15) is 39.2 Å². The van der Waals surface area contributed by atoms with Crippen molar-refractivity contribution in [3.05, 3.63) is 29.8 Å². The van der Waals surface area contributed by atoms with Crippen LogP contribution in [0, 0.1) is 0 Å². The van der Waals surface area contributed by atoms with Crippen LogP contribution in [0.4, 0.5) is 0 Å². The van der Waals surface area contributed by atoms with Gasteiger partial charge in [-0.3, -0.25) is 9.79 Å². The van der Waals surface area contributed by atoms with E-state index in [4.69, 9.17) is 0 Å². The molecule has 1 N–H and O–H groups in total. The number of rotatable bonds is 3. The number of hydrogen-bond acceptors (Lipinski definition) is 5. The molecule has 2 aliphatic rings. The van der Waals surface area contributed by atoms with E-state index in [9.17, 15) is 13.2 Å². The van der Waals surface area contributed by atoms with Gasteiger partial charge in [-0.25, -0.2) is 8.42 Å². The molecule has 1 aromatic carbocycles. The van der Waals surface area contributed by atoms with Crippen LogP contribution in [0.5, 0.6) is 0 Å². The smallest absolute Gasteiger partial charge is 0.244 e. The maximum Gasteiger partial charge on any atom is 0.244 e. The average Bonchev–Trinajstić information content (AvgIpc) is 3.25. The zero-order valence-electron chi connectivity index (χ0n) is 15.4. The molecule has 2 aliphatic heterocycles. The molecule has 2 heterocycles. The highest BCUT2D eigenvalue weighted by Gasteiger charge is 2.40. The summed E-state index contributed by atoms with van der Waals surface area (Å²) in [7, 11) is -3.70. The van der Waals surface area contributed by atoms with Crippen molar-refractivity contribution in [3.63, 3.8) is 0 Å². The van der Waals surface area contributed by atoms with Crippen molar-refractivity contribution in [2.24, 2.45) is 4.99 Å². The fraction of sp³-hybridized carbons (Fsp3) is 0.556. The van der Waals surface area contributed by atoms with E-state index in [-0.39, 0.29) is 16.2 Å². The Balaban J connectivity index is 1.80. The largest absolute Gasteiger partial charge is 0.304 e. The number of sulfonamides is 1. The molecule has 1 aromatic rings. The van der Waals surface area contributed by atoms with E-state index < -0.39 is 16.1 Å². The van der Waals surface area contributed by atoms with Crippen molar-refractivity contribution >= 4 is 32.9 Å². The molecule has 0 bridgehead atoms. The Morgan fingerprint density at radius 2 is 1.96 bits per heavy atom. The van der Waals surface area contributed by atoms with E-state index >= 15 is 0 Å². The highest BCUT2D eigenvalue weighted by molar-refractivity contribution is 8.14. The fourth-order valence-electron chi connectivity index (χ4n) is 3.15. The van der Waals surface area contributed by atoms with E-state index in [1.54, 1.807) is 12.1 Å². The van der Waals surface area contributed by atoms with Crippen LogP contribution < -0.4 is 5.32 Å². The Kier molecular flexibility index (Phi) is 5.46. The van der Waals surface area contributed by atoms with Gasteiger partial charge in [0.05, 0.1) is 11.4 Å². The lowest BCUT2D eigenvalue weighted by Crippen LogP contribution is -2.46. The molecule has 1 amide bonds. The molecule has 0 radical (unpaired) electrons. The second kappa shape index (κ2) is 7.32. The fourth-order valence-corrected chi connectivity index (χ4v) is 5.54. The van der Waals surface area contributed by atoms with Gasteiger partial charge in [-0.1, -0.05) is 44.7 Å². The molecular weight excluding hydrogens is 370 g/mol. The highest BCUT2D eigenvalue weighted by atomic mass is 32.2. The number of thioether (sulfide) groups is 1. The number of carbonyl (C=O) groups is 1. The van der Waals surface area contributed by atoms with Gasteiger partial charge in [0, 0.05) is 12.3 Å². The molecule has 1 atom stereocenters. The van der Waals surface area contributed by atoms with Gasteiger partial charge in [-0.2, -0.15) is 4.31 Å². The molecule has 142 valence electrons. The van der Waals surface area contributed by atoms with E-state index in [0.717, 1.165) is 11.3 Å². The Bertz CT molecular complexity index is 811. The van der Waals surface area contributed by atoms with Crippen LogP contribution >= 0.6 is 11.8 Å². The number of nitrogens with one attached hydrogen (secondary N) is 1. The number of nitrogens with zero attached hydrogens (tertiary/aromatic N) is 2. The number of amidine groups is 1. The summed E-state index contributed by atoms with van der Waals surface area (Å²) in [5.74, 6) is 0.563. The Labute approximate surface area is 159 Å². The topological polar surface area (TPSA) is 78.8 Å². The summed E-state index contributed by atoms with van der Waals surface area (Å²) in [4.78, 5) is 17.0. The highest BCUT2D eigenvalue weighted by Crippen LogP contribution is 2.29. The SMILES string of the molecule is CC(C)(C)c1ccc(S(=O)(=O)N2CCC[C@@H]2C(=O)NC2=NCCS2)cc1. The first-order valence-electron chi connectivity index (χ1n) is 8.80. The zero-order valence-corrected chi connectivity index (χ0v) is 17.0. The molecule has 26 heavy (non-hydrogen) atoms.